The number of carbonyl (C=O) groups excluding carboxylic acids is 1. The van der Waals surface area contributed by atoms with E-state index in [-0.39, 0.29) is 18.3 Å². The van der Waals surface area contributed by atoms with Crippen LogP contribution in [0.1, 0.15) is 39.0 Å². The molecule has 0 bridgehead atoms. The standard InChI is InChI=1S/C18H26N2O2.ClH/c1-13(2)12-22-16-10-8-15(9-11-16)20-18(21)17(19)14-6-4-3-5-7-14;/h8-11,14,17H,1,3-7,12,19H2,2H3,(H,20,21);1H/t17-;/m0./s1. The van der Waals surface area contributed by atoms with Gasteiger partial charge in [0.1, 0.15) is 12.4 Å². The van der Waals surface area contributed by atoms with Crippen LogP contribution in [0.4, 0.5) is 5.69 Å². The summed E-state index contributed by atoms with van der Waals surface area (Å²) in [6, 6.07) is 6.92. The lowest BCUT2D eigenvalue weighted by Crippen LogP contribution is -2.42. The van der Waals surface area contributed by atoms with Crippen molar-refractivity contribution in [2.45, 2.75) is 45.1 Å². The van der Waals surface area contributed by atoms with Gasteiger partial charge in [-0.15, -0.1) is 12.4 Å². The molecule has 0 radical (unpaired) electrons. The molecule has 2 rings (SSSR count). The predicted molar refractivity (Wildman–Crippen MR) is 97.2 cm³/mol. The van der Waals surface area contributed by atoms with E-state index < -0.39 is 6.04 Å². The number of amides is 1. The highest BCUT2D eigenvalue weighted by molar-refractivity contribution is 5.94. The Morgan fingerprint density at radius 3 is 2.48 bits per heavy atom. The first-order valence-electron chi connectivity index (χ1n) is 8.00. The Hall–Kier alpha value is -1.52. The molecule has 23 heavy (non-hydrogen) atoms. The van der Waals surface area contributed by atoms with Crippen molar-refractivity contribution in [2.75, 3.05) is 11.9 Å². The van der Waals surface area contributed by atoms with Gasteiger partial charge in [0, 0.05) is 5.69 Å². The average Bonchev–Trinajstić information content (AvgIpc) is 2.54. The van der Waals surface area contributed by atoms with Gasteiger partial charge in [-0.3, -0.25) is 4.79 Å². The number of halogens is 1. The van der Waals surface area contributed by atoms with E-state index in [0.717, 1.165) is 29.9 Å². The molecule has 1 fully saturated rings. The van der Waals surface area contributed by atoms with Crippen LogP contribution in [-0.4, -0.2) is 18.6 Å². The van der Waals surface area contributed by atoms with Crippen molar-refractivity contribution in [3.05, 3.63) is 36.4 Å². The van der Waals surface area contributed by atoms with Crippen LogP contribution in [0.25, 0.3) is 0 Å². The van der Waals surface area contributed by atoms with Gasteiger partial charge >= 0.3 is 0 Å². The summed E-state index contributed by atoms with van der Waals surface area (Å²) >= 11 is 0. The number of hydrogen-bond acceptors (Lipinski definition) is 3. The molecule has 128 valence electrons. The zero-order valence-corrected chi connectivity index (χ0v) is 14.5. The van der Waals surface area contributed by atoms with Gasteiger partial charge in [-0.2, -0.15) is 0 Å². The van der Waals surface area contributed by atoms with Gasteiger partial charge in [0.2, 0.25) is 5.91 Å². The van der Waals surface area contributed by atoms with Crippen LogP contribution in [0.3, 0.4) is 0 Å². The monoisotopic (exact) mass is 338 g/mol. The fraction of sp³-hybridized carbons (Fsp3) is 0.500. The van der Waals surface area contributed by atoms with Gasteiger partial charge in [0.05, 0.1) is 6.04 Å². The van der Waals surface area contributed by atoms with Crippen molar-refractivity contribution in [1.29, 1.82) is 0 Å². The maximum absolute atomic E-state index is 12.2. The van der Waals surface area contributed by atoms with Crippen LogP contribution in [0.2, 0.25) is 0 Å². The van der Waals surface area contributed by atoms with E-state index >= 15 is 0 Å². The van der Waals surface area contributed by atoms with Crippen LogP contribution in [0.5, 0.6) is 5.75 Å². The van der Waals surface area contributed by atoms with Gasteiger partial charge in [0.15, 0.2) is 0 Å². The number of carbonyl (C=O) groups is 1. The molecule has 5 heteroatoms. The highest BCUT2D eigenvalue weighted by Gasteiger charge is 2.26. The molecule has 1 aliphatic rings. The Balaban J connectivity index is 0.00000264. The Labute approximate surface area is 144 Å². The summed E-state index contributed by atoms with van der Waals surface area (Å²) in [5, 5.41) is 2.89. The summed E-state index contributed by atoms with van der Waals surface area (Å²) in [6.45, 7) is 6.21. The molecule has 1 amide bonds. The van der Waals surface area contributed by atoms with Gasteiger partial charge in [-0.05, 0) is 55.5 Å². The Bertz CT molecular complexity index is 510. The molecule has 0 unspecified atom stereocenters. The van der Waals surface area contributed by atoms with Crippen molar-refractivity contribution in [3.8, 4) is 5.75 Å². The summed E-state index contributed by atoms with van der Waals surface area (Å²) in [4.78, 5) is 12.2. The molecule has 1 saturated carbocycles. The molecule has 0 heterocycles. The molecule has 0 aromatic heterocycles. The van der Waals surface area contributed by atoms with E-state index in [9.17, 15) is 4.79 Å². The topological polar surface area (TPSA) is 64.3 Å². The van der Waals surface area contributed by atoms with E-state index in [1.165, 1.54) is 19.3 Å². The molecule has 0 spiro atoms. The molecule has 0 saturated heterocycles. The normalized spacial score (nSPS) is 16.1. The minimum absolute atomic E-state index is 0. The van der Waals surface area contributed by atoms with Gasteiger partial charge < -0.3 is 15.8 Å². The highest BCUT2D eigenvalue weighted by atomic mass is 35.5. The third kappa shape index (κ3) is 6.24. The summed E-state index contributed by atoms with van der Waals surface area (Å²) < 4.78 is 5.53. The molecule has 1 aliphatic carbocycles. The smallest absolute Gasteiger partial charge is 0.241 e. The summed E-state index contributed by atoms with van der Waals surface area (Å²) in [7, 11) is 0. The van der Waals surface area contributed by atoms with E-state index in [1.807, 2.05) is 31.2 Å². The lowest BCUT2D eigenvalue weighted by molar-refractivity contribution is -0.118. The summed E-state index contributed by atoms with van der Waals surface area (Å²) in [5.74, 6) is 0.979. The summed E-state index contributed by atoms with van der Waals surface area (Å²) in [6.07, 6.45) is 5.74. The second-order valence-corrected chi connectivity index (χ2v) is 6.18. The number of ether oxygens (including phenoxy) is 1. The largest absolute Gasteiger partial charge is 0.489 e. The van der Waals surface area contributed by atoms with Crippen LogP contribution >= 0.6 is 12.4 Å². The zero-order valence-electron chi connectivity index (χ0n) is 13.7. The molecular formula is C18H27ClN2O2. The van der Waals surface area contributed by atoms with E-state index in [2.05, 4.69) is 11.9 Å². The van der Waals surface area contributed by atoms with Gasteiger partial charge in [-0.1, -0.05) is 25.8 Å². The third-order valence-electron chi connectivity index (χ3n) is 4.07. The molecule has 4 nitrogen and oxygen atoms in total. The first-order chi connectivity index (χ1) is 10.6. The maximum Gasteiger partial charge on any atom is 0.241 e. The lowest BCUT2D eigenvalue weighted by Gasteiger charge is -2.26. The van der Waals surface area contributed by atoms with E-state index in [0.29, 0.717) is 12.5 Å². The van der Waals surface area contributed by atoms with Gasteiger partial charge in [-0.25, -0.2) is 0 Å². The molecule has 1 aromatic carbocycles. The number of nitrogens with two attached hydrogens (primary N) is 1. The Morgan fingerprint density at radius 2 is 1.91 bits per heavy atom. The fourth-order valence-electron chi connectivity index (χ4n) is 2.77. The highest BCUT2D eigenvalue weighted by Crippen LogP contribution is 2.26. The molecule has 0 aliphatic heterocycles. The number of rotatable bonds is 6. The minimum Gasteiger partial charge on any atom is -0.489 e. The van der Waals surface area contributed by atoms with Gasteiger partial charge in [0.25, 0.3) is 0 Å². The van der Waals surface area contributed by atoms with Crippen molar-refractivity contribution >= 4 is 24.0 Å². The summed E-state index contributed by atoms with van der Waals surface area (Å²) in [5.41, 5.74) is 7.82. The van der Waals surface area contributed by atoms with E-state index in [4.69, 9.17) is 10.5 Å². The van der Waals surface area contributed by atoms with Crippen LogP contribution in [0, 0.1) is 5.92 Å². The SMILES string of the molecule is C=C(C)COc1ccc(NC(=O)[C@@H](N)C2CCCCC2)cc1.Cl. The third-order valence-corrected chi connectivity index (χ3v) is 4.07. The van der Waals surface area contributed by atoms with Crippen LogP contribution in [0.15, 0.2) is 36.4 Å². The molecule has 1 aromatic rings. The first-order valence-corrected chi connectivity index (χ1v) is 8.00. The zero-order chi connectivity index (χ0) is 15.9. The van der Waals surface area contributed by atoms with Crippen molar-refractivity contribution in [2.24, 2.45) is 11.7 Å². The van der Waals surface area contributed by atoms with Crippen molar-refractivity contribution in [1.82, 2.24) is 0 Å². The second-order valence-electron chi connectivity index (χ2n) is 6.18. The predicted octanol–water partition coefficient (Wildman–Crippen LogP) is 3.91. The number of hydrogen-bond donors (Lipinski definition) is 2. The molecular weight excluding hydrogens is 312 g/mol. The lowest BCUT2D eigenvalue weighted by atomic mass is 9.84. The van der Waals surface area contributed by atoms with Crippen molar-refractivity contribution in [3.63, 3.8) is 0 Å². The minimum atomic E-state index is -0.417. The molecule has 3 N–H and O–H groups in total. The quantitative estimate of drug-likeness (QED) is 0.773. The second kappa shape index (κ2) is 9.58. The maximum atomic E-state index is 12.2. The van der Waals surface area contributed by atoms with Crippen LogP contribution in [-0.2, 0) is 4.79 Å². The van der Waals surface area contributed by atoms with E-state index in [1.54, 1.807) is 0 Å². The van der Waals surface area contributed by atoms with Crippen LogP contribution < -0.4 is 15.8 Å². The number of benzene rings is 1. The Morgan fingerprint density at radius 1 is 1.30 bits per heavy atom. The average molecular weight is 339 g/mol. The van der Waals surface area contributed by atoms with Crippen molar-refractivity contribution < 1.29 is 9.53 Å². The first kappa shape index (κ1) is 19.5. The number of nitrogens with one attached hydrogen (secondary N) is 1. The fourth-order valence-corrected chi connectivity index (χ4v) is 2.77. The molecule has 1 atom stereocenters. The number of anilines is 1. The Kier molecular flexibility index (Phi) is 8.13.